The minimum atomic E-state index is -0.869. The van der Waals surface area contributed by atoms with E-state index >= 15 is 0 Å². The maximum Gasteiger partial charge on any atom is 0.335 e. The Bertz CT molecular complexity index is 472. The molecule has 1 N–H and O–H groups in total. The average Bonchev–Trinajstić information content (AvgIpc) is 2.38. The van der Waals surface area contributed by atoms with Crippen LogP contribution in [0.2, 0.25) is 0 Å². The summed E-state index contributed by atoms with van der Waals surface area (Å²) in [6.07, 6.45) is 1.34. The third kappa shape index (κ3) is 2.89. The lowest BCUT2D eigenvalue weighted by Gasteiger charge is -2.37. The van der Waals surface area contributed by atoms with Crippen molar-refractivity contribution in [2.24, 2.45) is 5.92 Å². The van der Waals surface area contributed by atoms with E-state index in [9.17, 15) is 4.79 Å². The highest BCUT2D eigenvalue weighted by Crippen LogP contribution is 2.26. The number of anilines is 1. The second-order valence-corrected chi connectivity index (χ2v) is 5.29. The summed E-state index contributed by atoms with van der Waals surface area (Å²) in [5, 5.41) is 9.05. The quantitative estimate of drug-likeness (QED) is 0.910. The molecule has 0 spiro atoms. The van der Waals surface area contributed by atoms with Gasteiger partial charge in [-0.2, -0.15) is 0 Å². The van der Waals surface area contributed by atoms with Crippen LogP contribution in [0.1, 0.15) is 29.3 Å². The molecule has 2 rings (SSSR count). The van der Waals surface area contributed by atoms with Crippen molar-refractivity contribution in [1.29, 1.82) is 0 Å². The number of ether oxygens (including phenoxy) is 1. The van der Waals surface area contributed by atoms with E-state index in [1.54, 1.807) is 13.2 Å². The van der Waals surface area contributed by atoms with Crippen molar-refractivity contribution in [1.82, 2.24) is 0 Å². The lowest BCUT2D eigenvalue weighted by Crippen LogP contribution is -2.43. The van der Waals surface area contributed by atoms with Gasteiger partial charge in [0, 0.05) is 25.9 Å². The number of aromatic carboxylic acids is 1. The van der Waals surface area contributed by atoms with Crippen LogP contribution in [0.15, 0.2) is 18.2 Å². The zero-order valence-electron chi connectivity index (χ0n) is 11.7. The molecule has 1 saturated heterocycles. The molecule has 0 radical (unpaired) electrons. The minimum absolute atomic E-state index is 0.244. The zero-order chi connectivity index (χ0) is 14.0. The van der Waals surface area contributed by atoms with E-state index in [-0.39, 0.29) is 6.10 Å². The van der Waals surface area contributed by atoms with Crippen LogP contribution in [0.4, 0.5) is 5.69 Å². The Labute approximate surface area is 114 Å². The summed E-state index contributed by atoms with van der Waals surface area (Å²) in [7, 11) is 1.75. The molecule has 1 heterocycles. The molecule has 2 unspecified atom stereocenters. The first-order valence-corrected chi connectivity index (χ1v) is 6.64. The summed E-state index contributed by atoms with van der Waals surface area (Å²) in [5.74, 6) is -0.299. The van der Waals surface area contributed by atoms with Crippen molar-refractivity contribution in [3.8, 4) is 0 Å². The maximum atomic E-state index is 11.0. The predicted octanol–water partition coefficient (Wildman–Crippen LogP) is 2.55. The number of nitrogens with zero attached hydrogens (tertiary/aromatic N) is 1. The molecule has 1 aliphatic rings. The number of rotatable bonds is 3. The van der Waals surface area contributed by atoms with E-state index < -0.39 is 5.97 Å². The van der Waals surface area contributed by atoms with E-state index in [2.05, 4.69) is 11.8 Å². The number of benzene rings is 1. The van der Waals surface area contributed by atoms with Gasteiger partial charge in [-0.1, -0.05) is 6.92 Å². The molecule has 1 aromatic rings. The first-order valence-electron chi connectivity index (χ1n) is 6.64. The highest BCUT2D eigenvalue weighted by atomic mass is 16.5. The fourth-order valence-corrected chi connectivity index (χ4v) is 2.66. The molecule has 0 aliphatic carbocycles. The van der Waals surface area contributed by atoms with Crippen LogP contribution in [0.25, 0.3) is 0 Å². The second kappa shape index (κ2) is 5.61. The van der Waals surface area contributed by atoms with Crippen molar-refractivity contribution in [3.63, 3.8) is 0 Å². The van der Waals surface area contributed by atoms with Crippen molar-refractivity contribution < 1.29 is 14.6 Å². The number of hydrogen-bond donors (Lipinski definition) is 1. The molecule has 0 aromatic heterocycles. The molecule has 2 atom stereocenters. The van der Waals surface area contributed by atoms with Gasteiger partial charge >= 0.3 is 5.97 Å². The summed E-state index contributed by atoms with van der Waals surface area (Å²) in [6.45, 7) is 5.91. The summed E-state index contributed by atoms with van der Waals surface area (Å²) < 4.78 is 5.51. The van der Waals surface area contributed by atoms with Crippen molar-refractivity contribution in [2.45, 2.75) is 26.4 Å². The Kier molecular flexibility index (Phi) is 4.10. The standard InChI is InChI=1S/C15H21NO3/c1-10-6-7-16(9-14(10)19-3)12-4-5-13(15(17)18)11(2)8-12/h4-5,8,10,14H,6-7,9H2,1-3H3,(H,17,18). The first kappa shape index (κ1) is 13.9. The van der Waals surface area contributed by atoms with Crippen LogP contribution in [-0.2, 0) is 4.74 Å². The molecule has 4 nitrogen and oxygen atoms in total. The normalized spacial score (nSPS) is 23.4. The van der Waals surface area contributed by atoms with Gasteiger partial charge in [-0.05, 0) is 43.0 Å². The van der Waals surface area contributed by atoms with Crippen LogP contribution in [0, 0.1) is 12.8 Å². The second-order valence-electron chi connectivity index (χ2n) is 5.29. The molecule has 1 aliphatic heterocycles. The molecule has 1 fully saturated rings. The number of carboxylic acids is 1. The van der Waals surface area contributed by atoms with Gasteiger partial charge in [-0.15, -0.1) is 0 Å². The van der Waals surface area contributed by atoms with Crippen molar-refractivity contribution in [3.05, 3.63) is 29.3 Å². The fourth-order valence-electron chi connectivity index (χ4n) is 2.66. The summed E-state index contributed by atoms with van der Waals surface area (Å²) in [5.41, 5.74) is 2.26. The van der Waals surface area contributed by atoms with Gasteiger partial charge in [0.1, 0.15) is 0 Å². The van der Waals surface area contributed by atoms with E-state index in [0.717, 1.165) is 30.8 Å². The Hall–Kier alpha value is -1.55. The van der Waals surface area contributed by atoms with E-state index in [4.69, 9.17) is 9.84 Å². The van der Waals surface area contributed by atoms with Gasteiger partial charge in [0.25, 0.3) is 0 Å². The largest absolute Gasteiger partial charge is 0.478 e. The molecule has 0 amide bonds. The van der Waals surface area contributed by atoms with Crippen molar-refractivity contribution in [2.75, 3.05) is 25.1 Å². The van der Waals surface area contributed by atoms with E-state index in [0.29, 0.717) is 11.5 Å². The molecular weight excluding hydrogens is 242 g/mol. The SMILES string of the molecule is COC1CN(c2ccc(C(=O)O)c(C)c2)CCC1C. The summed E-state index contributed by atoms with van der Waals surface area (Å²) in [6, 6.07) is 5.53. The number of carbonyl (C=O) groups is 1. The number of aryl methyl sites for hydroxylation is 1. The highest BCUT2D eigenvalue weighted by Gasteiger charge is 2.26. The van der Waals surface area contributed by atoms with Crippen LogP contribution in [0.3, 0.4) is 0 Å². The van der Waals surface area contributed by atoms with E-state index in [1.807, 2.05) is 19.1 Å². The molecular formula is C15H21NO3. The van der Waals surface area contributed by atoms with Gasteiger partial charge in [-0.25, -0.2) is 4.79 Å². The molecule has 19 heavy (non-hydrogen) atoms. The fraction of sp³-hybridized carbons (Fsp3) is 0.533. The number of hydrogen-bond acceptors (Lipinski definition) is 3. The highest BCUT2D eigenvalue weighted by molar-refractivity contribution is 5.89. The lowest BCUT2D eigenvalue weighted by molar-refractivity contribution is 0.0498. The Morgan fingerprint density at radius 1 is 1.47 bits per heavy atom. The summed E-state index contributed by atoms with van der Waals surface area (Å²) in [4.78, 5) is 13.3. The average molecular weight is 263 g/mol. The monoisotopic (exact) mass is 263 g/mol. The smallest absolute Gasteiger partial charge is 0.335 e. The van der Waals surface area contributed by atoms with Crippen LogP contribution < -0.4 is 4.90 Å². The molecule has 4 heteroatoms. The molecule has 1 aromatic carbocycles. The number of carboxylic acid groups (broad SMARTS) is 1. The minimum Gasteiger partial charge on any atom is -0.478 e. The van der Waals surface area contributed by atoms with Gasteiger partial charge in [-0.3, -0.25) is 0 Å². The maximum absolute atomic E-state index is 11.0. The third-order valence-electron chi connectivity index (χ3n) is 4.00. The zero-order valence-corrected chi connectivity index (χ0v) is 11.7. The predicted molar refractivity (Wildman–Crippen MR) is 74.9 cm³/mol. The third-order valence-corrected chi connectivity index (χ3v) is 4.00. The van der Waals surface area contributed by atoms with Gasteiger partial charge in [0.15, 0.2) is 0 Å². The van der Waals surface area contributed by atoms with Gasteiger partial charge in [0.2, 0.25) is 0 Å². The van der Waals surface area contributed by atoms with E-state index in [1.165, 1.54) is 0 Å². The number of piperidine rings is 1. The first-order chi connectivity index (χ1) is 9.02. The molecule has 0 bridgehead atoms. The van der Waals surface area contributed by atoms with Crippen molar-refractivity contribution >= 4 is 11.7 Å². The van der Waals surface area contributed by atoms with Gasteiger partial charge < -0.3 is 14.7 Å². The van der Waals surface area contributed by atoms with Crippen LogP contribution in [-0.4, -0.2) is 37.4 Å². The Balaban J connectivity index is 2.18. The Morgan fingerprint density at radius 2 is 2.21 bits per heavy atom. The number of methoxy groups -OCH3 is 1. The van der Waals surface area contributed by atoms with Crippen LogP contribution in [0.5, 0.6) is 0 Å². The molecule has 104 valence electrons. The lowest BCUT2D eigenvalue weighted by atomic mass is 9.95. The van der Waals surface area contributed by atoms with Crippen LogP contribution >= 0.6 is 0 Å². The Morgan fingerprint density at radius 3 is 2.79 bits per heavy atom. The summed E-state index contributed by atoms with van der Waals surface area (Å²) >= 11 is 0. The topological polar surface area (TPSA) is 49.8 Å². The van der Waals surface area contributed by atoms with Gasteiger partial charge in [0.05, 0.1) is 11.7 Å². The molecule has 0 saturated carbocycles.